The van der Waals surface area contributed by atoms with Crippen LogP contribution in [0.25, 0.3) is 0 Å². The van der Waals surface area contributed by atoms with Crippen molar-refractivity contribution < 1.29 is 4.74 Å². The largest absolute Gasteiger partial charge is 0.497 e. The molecule has 2 N–H and O–H groups in total. The van der Waals surface area contributed by atoms with E-state index >= 15 is 0 Å². The van der Waals surface area contributed by atoms with Gasteiger partial charge in [0.2, 0.25) is 5.95 Å². The minimum Gasteiger partial charge on any atom is -0.497 e. The van der Waals surface area contributed by atoms with E-state index in [0.29, 0.717) is 17.0 Å². The Morgan fingerprint density at radius 3 is 2.68 bits per heavy atom. The highest BCUT2D eigenvalue weighted by atomic mass is 35.5. The molecule has 0 aliphatic heterocycles. The van der Waals surface area contributed by atoms with Crippen LogP contribution in [0.1, 0.15) is 44.4 Å². The summed E-state index contributed by atoms with van der Waals surface area (Å²) >= 11 is 6.33. The Hall–Kier alpha value is -2.01. The Morgan fingerprint density at radius 2 is 2.00 bits per heavy atom. The second kappa shape index (κ2) is 7.91. The minimum atomic E-state index is 0.428. The lowest BCUT2D eigenvalue weighted by Crippen LogP contribution is -2.20. The highest BCUT2D eigenvalue weighted by Crippen LogP contribution is 2.32. The van der Waals surface area contributed by atoms with Crippen molar-refractivity contribution in [1.82, 2.24) is 9.97 Å². The fourth-order valence-electron chi connectivity index (χ4n) is 3.14. The average molecular weight is 361 g/mol. The van der Waals surface area contributed by atoms with Gasteiger partial charge in [-0.25, -0.2) is 4.98 Å². The van der Waals surface area contributed by atoms with Crippen LogP contribution in [-0.2, 0) is 12.8 Å². The topological polar surface area (TPSA) is 59.1 Å². The van der Waals surface area contributed by atoms with E-state index in [4.69, 9.17) is 26.3 Å². The maximum absolute atomic E-state index is 6.33. The van der Waals surface area contributed by atoms with Crippen molar-refractivity contribution in [3.05, 3.63) is 34.5 Å². The number of aryl methyl sites for hydroxylation is 1. The van der Waals surface area contributed by atoms with Crippen LogP contribution in [0.3, 0.4) is 0 Å². The molecule has 6 heteroatoms. The van der Waals surface area contributed by atoms with Crippen molar-refractivity contribution in [2.24, 2.45) is 0 Å². The highest BCUT2D eigenvalue weighted by molar-refractivity contribution is 6.33. The Bertz CT molecular complexity index is 746. The second-order valence-corrected chi connectivity index (χ2v) is 6.71. The number of methoxy groups -OCH3 is 1. The van der Waals surface area contributed by atoms with Crippen LogP contribution in [0.5, 0.6) is 5.75 Å². The lowest BCUT2D eigenvalue weighted by Gasteiger charge is -2.19. The summed E-state index contributed by atoms with van der Waals surface area (Å²) in [5.74, 6) is 2.27. The number of hydrogen-bond acceptors (Lipinski definition) is 5. The normalized spacial score (nSPS) is 13.0. The number of hydrogen-bond donors (Lipinski definition) is 2. The molecule has 25 heavy (non-hydrogen) atoms. The number of ether oxygens (including phenoxy) is 1. The predicted octanol–water partition coefficient (Wildman–Crippen LogP) is 4.97. The third-order valence-corrected chi connectivity index (χ3v) is 4.99. The molecule has 1 aromatic carbocycles. The smallest absolute Gasteiger partial charge is 0.229 e. The van der Waals surface area contributed by atoms with Gasteiger partial charge in [-0.05, 0) is 44.2 Å². The van der Waals surface area contributed by atoms with Gasteiger partial charge < -0.3 is 15.4 Å². The van der Waals surface area contributed by atoms with E-state index in [1.54, 1.807) is 13.2 Å². The maximum Gasteiger partial charge on any atom is 0.229 e. The number of halogens is 1. The first-order valence-electron chi connectivity index (χ1n) is 8.91. The van der Waals surface area contributed by atoms with Gasteiger partial charge in [0.15, 0.2) is 0 Å². The monoisotopic (exact) mass is 360 g/mol. The van der Waals surface area contributed by atoms with Crippen LogP contribution in [0.15, 0.2) is 18.2 Å². The van der Waals surface area contributed by atoms with Gasteiger partial charge >= 0.3 is 0 Å². The van der Waals surface area contributed by atoms with E-state index in [2.05, 4.69) is 24.5 Å². The van der Waals surface area contributed by atoms with Crippen molar-refractivity contribution in [2.75, 3.05) is 17.7 Å². The minimum absolute atomic E-state index is 0.428. The first-order chi connectivity index (χ1) is 12.1. The molecule has 0 bridgehead atoms. The summed E-state index contributed by atoms with van der Waals surface area (Å²) in [5.41, 5.74) is 3.17. The summed E-state index contributed by atoms with van der Waals surface area (Å²) in [6.07, 6.45) is 5.32. The summed E-state index contributed by atoms with van der Waals surface area (Å²) in [6.45, 7) is 4.39. The molecule has 0 saturated carbocycles. The number of anilines is 3. The quantitative estimate of drug-likeness (QED) is 0.729. The van der Waals surface area contributed by atoms with Gasteiger partial charge in [0.05, 0.1) is 23.5 Å². The molecule has 0 radical (unpaired) electrons. The van der Waals surface area contributed by atoms with Crippen LogP contribution in [-0.4, -0.2) is 23.1 Å². The zero-order valence-corrected chi connectivity index (χ0v) is 15.8. The second-order valence-electron chi connectivity index (χ2n) is 6.30. The van der Waals surface area contributed by atoms with Gasteiger partial charge in [-0.15, -0.1) is 0 Å². The molecule has 3 rings (SSSR count). The molecule has 1 heterocycles. The molecule has 5 nitrogen and oxygen atoms in total. The van der Waals surface area contributed by atoms with Crippen LogP contribution >= 0.6 is 11.6 Å². The number of rotatable bonds is 7. The van der Waals surface area contributed by atoms with Gasteiger partial charge in [-0.3, -0.25) is 0 Å². The number of aromatic nitrogens is 2. The standard InChI is InChI=1S/C19H25ClN4O/c1-4-12(5-2)21-18-14-7-6-8-16(14)22-19(24-18)23-17-10-9-13(25-3)11-15(17)20/h9-12H,4-8H2,1-3H3,(H2,21,22,23,24). The highest BCUT2D eigenvalue weighted by Gasteiger charge is 2.21. The molecule has 0 spiro atoms. The van der Waals surface area contributed by atoms with E-state index in [-0.39, 0.29) is 0 Å². The summed E-state index contributed by atoms with van der Waals surface area (Å²) in [4.78, 5) is 9.44. The van der Waals surface area contributed by atoms with E-state index in [1.807, 2.05) is 12.1 Å². The first-order valence-corrected chi connectivity index (χ1v) is 9.29. The number of nitrogens with zero attached hydrogens (tertiary/aromatic N) is 2. The number of fused-ring (bicyclic) bond motifs is 1. The molecule has 0 unspecified atom stereocenters. The molecular weight excluding hydrogens is 336 g/mol. The average Bonchev–Trinajstić information content (AvgIpc) is 3.10. The van der Waals surface area contributed by atoms with Gasteiger partial charge in [0.1, 0.15) is 11.6 Å². The number of nitrogens with one attached hydrogen (secondary N) is 2. The molecule has 0 atom stereocenters. The van der Waals surface area contributed by atoms with Crippen molar-refractivity contribution >= 4 is 29.1 Å². The first kappa shape index (κ1) is 17.8. The Morgan fingerprint density at radius 1 is 1.20 bits per heavy atom. The summed E-state index contributed by atoms with van der Waals surface area (Å²) in [6, 6.07) is 5.95. The van der Waals surface area contributed by atoms with Crippen molar-refractivity contribution in [1.29, 1.82) is 0 Å². The predicted molar refractivity (Wildman–Crippen MR) is 103 cm³/mol. The van der Waals surface area contributed by atoms with Crippen LogP contribution in [0.4, 0.5) is 17.5 Å². The van der Waals surface area contributed by atoms with E-state index in [1.165, 1.54) is 5.56 Å². The van der Waals surface area contributed by atoms with Crippen LogP contribution in [0.2, 0.25) is 5.02 Å². The van der Waals surface area contributed by atoms with Gasteiger partial charge in [-0.2, -0.15) is 4.98 Å². The molecular formula is C19H25ClN4O. The SMILES string of the molecule is CCC(CC)Nc1nc(Nc2ccc(OC)cc2Cl)nc2c1CCC2. The lowest BCUT2D eigenvalue weighted by molar-refractivity contribution is 0.415. The number of benzene rings is 1. The fraction of sp³-hybridized carbons (Fsp3) is 0.474. The molecule has 1 aromatic heterocycles. The van der Waals surface area contributed by atoms with Crippen molar-refractivity contribution in [2.45, 2.75) is 52.0 Å². The third kappa shape index (κ3) is 3.98. The summed E-state index contributed by atoms with van der Waals surface area (Å²) in [7, 11) is 1.62. The van der Waals surface area contributed by atoms with E-state index in [0.717, 1.165) is 55.1 Å². The zero-order chi connectivity index (χ0) is 17.8. The van der Waals surface area contributed by atoms with Crippen molar-refractivity contribution in [3.63, 3.8) is 0 Å². The van der Waals surface area contributed by atoms with Crippen LogP contribution < -0.4 is 15.4 Å². The van der Waals surface area contributed by atoms with Crippen molar-refractivity contribution in [3.8, 4) is 5.75 Å². The summed E-state index contributed by atoms with van der Waals surface area (Å²) < 4.78 is 5.19. The lowest BCUT2D eigenvalue weighted by atomic mass is 10.1. The molecule has 0 saturated heterocycles. The molecule has 2 aromatic rings. The van der Waals surface area contributed by atoms with Gasteiger partial charge in [0.25, 0.3) is 0 Å². The summed E-state index contributed by atoms with van der Waals surface area (Å²) in [5, 5.41) is 7.43. The molecule has 0 amide bonds. The Balaban J connectivity index is 1.89. The van der Waals surface area contributed by atoms with E-state index < -0.39 is 0 Å². The molecule has 0 fully saturated rings. The molecule has 1 aliphatic rings. The fourth-order valence-corrected chi connectivity index (χ4v) is 3.36. The zero-order valence-electron chi connectivity index (χ0n) is 15.0. The maximum atomic E-state index is 6.33. The Kier molecular flexibility index (Phi) is 5.63. The van der Waals surface area contributed by atoms with Gasteiger partial charge in [0, 0.05) is 17.7 Å². The molecule has 1 aliphatic carbocycles. The Labute approximate surface area is 154 Å². The van der Waals surface area contributed by atoms with E-state index in [9.17, 15) is 0 Å². The molecule has 134 valence electrons. The van der Waals surface area contributed by atoms with Gasteiger partial charge in [-0.1, -0.05) is 25.4 Å². The third-order valence-electron chi connectivity index (χ3n) is 4.68. The van der Waals surface area contributed by atoms with Crippen LogP contribution in [0, 0.1) is 0 Å².